The predicted octanol–water partition coefficient (Wildman–Crippen LogP) is 6.59. The minimum absolute atomic E-state index is 0.144. The Morgan fingerprint density at radius 2 is 1.81 bits per heavy atom. The Labute approximate surface area is 227 Å². The molecule has 7 nitrogen and oxygen atoms in total. The van der Waals surface area contributed by atoms with Crippen molar-refractivity contribution in [1.82, 2.24) is 19.7 Å². The number of carbonyl (C=O) groups is 1. The first-order valence-corrected chi connectivity index (χ1v) is 14.2. The average Bonchev–Trinajstić information content (AvgIpc) is 3.52. The van der Waals surface area contributed by atoms with Crippen molar-refractivity contribution in [1.29, 1.82) is 0 Å². The summed E-state index contributed by atoms with van der Waals surface area (Å²) >= 11 is 6.19. The molecule has 2 aromatic carbocycles. The quantitative estimate of drug-likeness (QED) is 0.159. The van der Waals surface area contributed by atoms with Gasteiger partial charge < -0.3 is 10.2 Å². The molecule has 0 spiro atoms. The summed E-state index contributed by atoms with van der Waals surface area (Å²) in [4.78, 5) is 19.5. The number of nitrogens with zero attached hydrogens (tertiary/aromatic N) is 5. The fourth-order valence-electron chi connectivity index (χ4n) is 3.68. The van der Waals surface area contributed by atoms with E-state index >= 15 is 0 Å². The van der Waals surface area contributed by atoms with Gasteiger partial charge in [-0.05, 0) is 50.2 Å². The number of anilines is 2. The lowest BCUT2D eigenvalue weighted by Crippen LogP contribution is -2.21. The molecule has 4 rings (SSSR count). The van der Waals surface area contributed by atoms with Crippen molar-refractivity contribution in [3.05, 3.63) is 71.0 Å². The summed E-state index contributed by atoms with van der Waals surface area (Å²) in [6.45, 7) is 10.6. The van der Waals surface area contributed by atoms with Crippen molar-refractivity contribution >= 4 is 55.8 Å². The van der Waals surface area contributed by atoms with Gasteiger partial charge in [0.05, 0.1) is 11.4 Å². The van der Waals surface area contributed by atoms with E-state index in [1.165, 1.54) is 28.8 Å². The van der Waals surface area contributed by atoms with E-state index in [9.17, 15) is 4.79 Å². The average molecular weight is 584 g/mol. The molecule has 0 atom stereocenters. The molecule has 0 aliphatic carbocycles. The first kappa shape index (κ1) is 26.1. The third-order valence-corrected chi connectivity index (χ3v) is 7.76. The van der Waals surface area contributed by atoms with E-state index < -0.39 is 0 Å². The first-order valence-electron chi connectivity index (χ1n) is 11.6. The van der Waals surface area contributed by atoms with Gasteiger partial charge in [-0.3, -0.25) is 9.36 Å². The van der Waals surface area contributed by atoms with Gasteiger partial charge >= 0.3 is 0 Å². The minimum Gasteiger partial charge on any atom is -0.372 e. The standard InChI is InChI=1S/C26H27BrN6OS2/c1-4-15-33-24(19-9-13-21(14-10-19)32(5-2)6-3)30-31-26(33)36-17-23(34)29-25-28-22(16-35-25)18-7-11-20(27)12-8-18/h4,7-14,16H,1,5-6,15,17H2,2-3H3,(H,28,29,34). The molecular formula is C26H27BrN6OS2. The third kappa shape index (κ3) is 6.24. The number of aromatic nitrogens is 4. The highest BCUT2D eigenvalue weighted by Crippen LogP contribution is 2.28. The molecule has 1 N–H and O–H groups in total. The smallest absolute Gasteiger partial charge is 0.236 e. The number of hydrogen-bond donors (Lipinski definition) is 1. The third-order valence-electron chi connectivity index (χ3n) is 5.51. The lowest BCUT2D eigenvalue weighted by molar-refractivity contribution is -0.113. The molecule has 0 saturated heterocycles. The topological polar surface area (TPSA) is 75.9 Å². The van der Waals surface area contributed by atoms with Crippen molar-refractivity contribution in [2.45, 2.75) is 25.5 Å². The van der Waals surface area contributed by atoms with Gasteiger partial charge in [-0.1, -0.05) is 45.9 Å². The normalized spacial score (nSPS) is 10.9. The Balaban J connectivity index is 1.41. The molecule has 2 aromatic heterocycles. The van der Waals surface area contributed by atoms with Crippen LogP contribution in [0.25, 0.3) is 22.6 Å². The van der Waals surface area contributed by atoms with Gasteiger partial charge in [-0.25, -0.2) is 4.98 Å². The van der Waals surface area contributed by atoms with Gasteiger partial charge in [0.25, 0.3) is 0 Å². The van der Waals surface area contributed by atoms with Crippen LogP contribution in [-0.2, 0) is 11.3 Å². The summed E-state index contributed by atoms with van der Waals surface area (Å²) in [5.74, 6) is 0.807. The van der Waals surface area contributed by atoms with Crippen LogP contribution in [0, 0.1) is 0 Å². The SMILES string of the molecule is C=CCn1c(SCC(=O)Nc2nc(-c3ccc(Br)cc3)cs2)nnc1-c1ccc(N(CC)CC)cc1. The van der Waals surface area contributed by atoms with Crippen LogP contribution in [0.5, 0.6) is 0 Å². The van der Waals surface area contributed by atoms with Crippen LogP contribution in [0.3, 0.4) is 0 Å². The maximum atomic E-state index is 12.6. The summed E-state index contributed by atoms with van der Waals surface area (Å²) in [5.41, 5.74) is 3.98. The second-order valence-corrected chi connectivity index (χ2v) is 10.5. The summed E-state index contributed by atoms with van der Waals surface area (Å²) in [6.07, 6.45) is 1.81. The van der Waals surface area contributed by atoms with Crippen LogP contribution in [0.4, 0.5) is 10.8 Å². The summed E-state index contributed by atoms with van der Waals surface area (Å²) in [5, 5.41) is 14.8. The molecule has 0 fully saturated rings. The van der Waals surface area contributed by atoms with E-state index in [0.29, 0.717) is 16.8 Å². The number of benzene rings is 2. The zero-order valence-corrected chi connectivity index (χ0v) is 23.4. The Bertz CT molecular complexity index is 1310. The number of carbonyl (C=O) groups excluding carboxylic acids is 1. The molecule has 0 saturated carbocycles. The van der Waals surface area contributed by atoms with E-state index in [4.69, 9.17) is 0 Å². The molecule has 36 heavy (non-hydrogen) atoms. The molecule has 0 radical (unpaired) electrons. The molecule has 0 aliphatic heterocycles. The van der Waals surface area contributed by atoms with Crippen molar-refractivity contribution in [3.63, 3.8) is 0 Å². The first-order chi connectivity index (χ1) is 17.5. The Kier molecular flexibility index (Phi) is 8.95. The van der Waals surface area contributed by atoms with Crippen molar-refractivity contribution in [3.8, 4) is 22.6 Å². The Morgan fingerprint density at radius 3 is 2.47 bits per heavy atom. The van der Waals surface area contributed by atoms with Crippen LogP contribution in [0.2, 0.25) is 0 Å². The highest BCUT2D eigenvalue weighted by atomic mass is 79.9. The molecule has 0 unspecified atom stereocenters. The summed E-state index contributed by atoms with van der Waals surface area (Å²) in [7, 11) is 0. The van der Waals surface area contributed by atoms with Crippen LogP contribution >= 0.6 is 39.0 Å². The molecule has 1 amide bonds. The molecule has 0 bridgehead atoms. The van der Waals surface area contributed by atoms with Crippen LogP contribution in [0.15, 0.2) is 76.2 Å². The number of thioether (sulfide) groups is 1. The van der Waals surface area contributed by atoms with E-state index in [1.54, 1.807) is 6.08 Å². The summed E-state index contributed by atoms with van der Waals surface area (Å²) < 4.78 is 2.99. The van der Waals surface area contributed by atoms with E-state index in [2.05, 4.69) is 86.0 Å². The van der Waals surface area contributed by atoms with Gasteiger partial charge in [0, 0.05) is 46.3 Å². The van der Waals surface area contributed by atoms with Crippen molar-refractivity contribution < 1.29 is 4.79 Å². The number of halogens is 1. The molecule has 10 heteroatoms. The van der Waals surface area contributed by atoms with Crippen LogP contribution < -0.4 is 10.2 Å². The summed E-state index contributed by atoms with van der Waals surface area (Å²) in [6, 6.07) is 16.2. The zero-order chi connectivity index (χ0) is 25.5. The second-order valence-electron chi connectivity index (χ2n) is 7.81. The molecule has 0 aliphatic rings. The van der Waals surface area contributed by atoms with E-state index in [1.807, 2.05) is 34.2 Å². The van der Waals surface area contributed by atoms with Gasteiger partial charge in [0.15, 0.2) is 16.1 Å². The van der Waals surface area contributed by atoms with E-state index in [-0.39, 0.29) is 11.7 Å². The van der Waals surface area contributed by atoms with Gasteiger partial charge in [-0.15, -0.1) is 28.1 Å². The zero-order valence-electron chi connectivity index (χ0n) is 20.1. The van der Waals surface area contributed by atoms with Crippen LogP contribution in [0.1, 0.15) is 13.8 Å². The number of rotatable bonds is 11. The maximum absolute atomic E-state index is 12.6. The largest absolute Gasteiger partial charge is 0.372 e. The monoisotopic (exact) mass is 582 g/mol. The molecule has 186 valence electrons. The number of allylic oxidation sites excluding steroid dienone is 1. The lowest BCUT2D eigenvalue weighted by Gasteiger charge is -2.21. The van der Waals surface area contributed by atoms with Gasteiger partial charge in [-0.2, -0.15) is 0 Å². The van der Waals surface area contributed by atoms with Gasteiger partial charge in [0.1, 0.15) is 0 Å². The molecule has 4 aromatic rings. The Morgan fingerprint density at radius 1 is 1.11 bits per heavy atom. The highest BCUT2D eigenvalue weighted by Gasteiger charge is 2.16. The number of thiazole rings is 1. The Hall–Kier alpha value is -2.95. The molecular weight excluding hydrogens is 556 g/mol. The fraction of sp³-hybridized carbons (Fsp3) is 0.231. The molecule has 2 heterocycles. The van der Waals surface area contributed by atoms with E-state index in [0.717, 1.165) is 40.2 Å². The maximum Gasteiger partial charge on any atom is 0.236 e. The second kappa shape index (κ2) is 12.3. The lowest BCUT2D eigenvalue weighted by atomic mass is 10.2. The number of amides is 1. The predicted molar refractivity (Wildman–Crippen MR) is 154 cm³/mol. The fourth-order valence-corrected chi connectivity index (χ4v) is 5.43. The van der Waals surface area contributed by atoms with Gasteiger partial charge in [0.2, 0.25) is 5.91 Å². The van der Waals surface area contributed by atoms with Crippen molar-refractivity contribution in [2.75, 3.05) is 29.1 Å². The van der Waals surface area contributed by atoms with Crippen LogP contribution in [-0.4, -0.2) is 44.5 Å². The minimum atomic E-state index is -0.144. The highest BCUT2D eigenvalue weighted by molar-refractivity contribution is 9.10. The number of hydrogen-bond acceptors (Lipinski definition) is 7. The number of nitrogens with one attached hydrogen (secondary N) is 1. The van der Waals surface area contributed by atoms with Crippen molar-refractivity contribution in [2.24, 2.45) is 0 Å².